The molecule has 0 unspecified atom stereocenters. The van der Waals surface area contributed by atoms with Gasteiger partial charge in [0, 0.05) is 12.1 Å². The molecule has 0 atom stereocenters. The monoisotopic (exact) mass is 263 g/mol. The summed E-state index contributed by atoms with van der Waals surface area (Å²) in [5, 5.41) is 57.5. The number of rotatable bonds is 0. The normalized spacial score (nSPS) is 11.4. The minimum absolute atomic E-state index is 0.0260. The van der Waals surface area contributed by atoms with Crippen molar-refractivity contribution in [3.8, 4) is 34.5 Å². The minimum atomic E-state index is -0.736. The maximum atomic E-state index is 9.83. The Morgan fingerprint density at radius 1 is 0.579 bits per heavy atom. The van der Waals surface area contributed by atoms with Crippen molar-refractivity contribution in [3.05, 3.63) is 12.1 Å². The van der Waals surface area contributed by atoms with Crippen molar-refractivity contribution in [2.24, 2.45) is 0 Å². The molecule has 0 aliphatic carbocycles. The largest absolute Gasteiger partial charge is 0.504 e. The Morgan fingerprint density at radius 2 is 0.947 bits per heavy atom. The molecule has 2 aromatic carbocycles. The number of fused-ring (bicyclic) bond motifs is 3. The molecule has 0 spiro atoms. The van der Waals surface area contributed by atoms with E-state index in [9.17, 15) is 30.6 Å². The van der Waals surface area contributed by atoms with Crippen LogP contribution in [0, 0.1) is 0 Å². The van der Waals surface area contributed by atoms with Crippen LogP contribution in [0.15, 0.2) is 12.1 Å². The van der Waals surface area contributed by atoms with E-state index in [1.54, 1.807) is 0 Å². The lowest BCUT2D eigenvalue weighted by molar-refractivity contribution is 0.369. The molecule has 0 bridgehead atoms. The average Bonchev–Trinajstić information content (AvgIpc) is 2.71. The summed E-state index contributed by atoms with van der Waals surface area (Å²) in [6.45, 7) is 0. The Morgan fingerprint density at radius 3 is 1.32 bits per heavy atom. The molecule has 7 nitrogen and oxygen atoms in total. The molecule has 98 valence electrons. The van der Waals surface area contributed by atoms with Crippen molar-refractivity contribution in [2.75, 3.05) is 0 Å². The molecule has 3 rings (SSSR count). The fraction of sp³-hybridized carbons (Fsp3) is 0. The zero-order valence-electron chi connectivity index (χ0n) is 9.34. The van der Waals surface area contributed by atoms with E-state index in [1.807, 2.05) is 0 Å². The quantitative estimate of drug-likeness (QED) is 0.307. The molecule has 19 heavy (non-hydrogen) atoms. The van der Waals surface area contributed by atoms with Gasteiger partial charge in [-0.25, -0.2) is 0 Å². The Kier molecular flexibility index (Phi) is 1.93. The Hall–Kier alpha value is -2.96. The summed E-state index contributed by atoms with van der Waals surface area (Å²) in [5.74, 6) is -3.82. The second kappa shape index (κ2) is 3.29. The third-order valence-corrected chi connectivity index (χ3v) is 3.03. The molecule has 7 heteroatoms. The molecule has 0 saturated heterocycles. The van der Waals surface area contributed by atoms with Crippen molar-refractivity contribution in [2.45, 2.75) is 0 Å². The molecule has 0 amide bonds. The van der Waals surface area contributed by atoms with Gasteiger partial charge in [0.2, 0.25) is 11.5 Å². The zero-order chi connectivity index (χ0) is 13.9. The Balaban J connectivity index is 2.64. The number of phenolic OH excluding ortho intramolecular Hbond substituents is 6. The molecule has 7 N–H and O–H groups in total. The predicted octanol–water partition coefficient (Wildman–Crippen LogP) is 1.55. The summed E-state index contributed by atoms with van der Waals surface area (Å²) >= 11 is 0. The number of aromatic amines is 1. The minimum Gasteiger partial charge on any atom is -0.504 e. The first-order chi connectivity index (χ1) is 8.91. The number of aromatic nitrogens is 1. The highest BCUT2D eigenvalue weighted by Gasteiger charge is 2.21. The number of hydrogen-bond donors (Lipinski definition) is 7. The highest BCUT2D eigenvalue weighted by Crippen LogP contribution is 2.50. The smallest absolute Gasteiger partial charge is 0.201 e. The van der Waals surface area contributed by atoms with Crippen LogP contribution in [-0.2, 0) is 0 Å². The first-order valence-corrected chi connectivity index (χ1v) is 5.25. The summed E-state index contributed by atoms with van der Waals surface area (Å²) < 4.78 is 0. The van der Waals surface area contributed by atoms with E-state index in [0.717, 1.165) is 12.1 Å². The van der Waals surface area contributed by atoms with Gasteiger partial charge < -0.3 is 35.6 Å². The number of benzene rings is 2. The highest BCUT2D eigenvalue weighted by molar-refractivity contribution is 6.15. The van der Waals surface area contributed by atoms with Crippen LogP contribution in [0.5, 0.6) is 34.5 Å². The second-order valence-electron chi connectivity index (χ2n) is 4.16. The van der Waals surface area contributed by atoms with Crippen LogP contribution in [0.4, 0.5) is 0 Å². The van der Waals surface area contributed by atoms with E-state index >= 15 is 0 Å². The number of H-pyrrole nitrogens is 1. The van der Waals surface area contributed by atoms with Crippen LogP contribution < -0.4 is 0 Å². The number of aromatic hydroxyl groups is 6. The number of nitrogens with one attached hydrogen (secondary N) is 1. The lowest BCUT2D eigenvalue weighted by Crippen LogP contribution is -1.76. The standard InChI is InChI=1S/C12H9NO6/c14-5-1-3-7(11(18)9(5)16)8-4(13-3)2-6(15)10(17)12(8)19/h1-2,13-19H. The summed E-state index contributed by atoms with van der Waals surface area (Å²) in [5.41, 5.74) is 0.450. The van der Waals surface area contributed by atoms with Gasteiger partial charge in [0.1, 0.15) is 0 Å². The van der Waals surface area contributed by atoms with Gasteiger partial charge in [0.05, 0.1) is 21.8 Å². The van der Waals surface area contributed by atoms with Crippen molar-refractivity contribution in [3.63, 3.8) is 0 Å². The van der Waals surface area contributed by atoms with E-state index in [-0.39, 0.29) is 21.8 Å². The van der Waals surface area contributed by atoms with Crippen molar-refractivity contribution < 1.29 is 30.6 Å². The molecule has 0 fully saturated rings. The molecule has 0 radical (unpaired) electrons. The van der Waals surface area contributed by atoms with Crippen molar-refractivity contribution in [1.29, 1.82) is 0 Å². The van der Waals surface area contributed by atoms with Gasteiger partial charge in [-0.3, -0.25) is 0 Å². The van der Waals surface area contributed by atoms with Crippen LogP contribution in [0.2, 0.25) is 0 Å². The van der Waals surface area contributed by atoms with Crippen molar-refractivity contribution >= 4 is 21.8 Å². The van der Waals surface area contributed by atoms with Crippen LogP contribution in [0.3, 0.4) is 0 Å². The molecule has 0 saturated carbocycles. The second-order valence-corrected chi connectivity index (χ2v) is 4.16. The van der Waals surface area contributed by atoms with E-state index in [2.05, 4.69) is 4.98 Å². The van der Waals surface area contributed by atoms with Crippen LogP contribution >= 0.6 is 0 Å². The van der Waals surface area contributed by atoms with E-state index in [0.29, 0.717) is 0 Å². The molecule has 3 aromatic rings. The van der Waals surface area contributed by atoms with Gasteiger partial charge in [0.15, 0.2) is 23.0 Å². The Labute approximate surface area is 105 Å². The molecule has 0 aliphatic heterocycles. The van der Waals surface area contributed by atoms with Gasteiger partial charge >= 0.3 is 0 Å². The number of phenols is 6. The summed E-state index contributed by atoms with van der Waals surface area (Å²) in [7, 11) is 0. The third-order valence-electron chi connectivity index (χ3n) is 3.03. The van der Waals surface area contributed by atoms with Gasteiger partial charge in [0.25, 0.3) is 0 Å². The van der Waals surface area contributed by atoms with Crippen LogP contribution in [0.1, 0.15) is 0 Å². The fourth-order valence-corrected chi connectivity index (χ4v) is 2.14. The zero-order valence-corrected chi connectivity index (χ0v) is 9.34. The summed E-state index contributed by atoms with van der Waals surface area (Å²) in [6, 6.07) is 2.30. The van der Waals surface area contributed by atoms with E-state index in [4.69, 9.17) is 0 Å². The molecule has 0 aliphatic rings. The first-order valence-electron chi connectivity index (χ1n) is 5.25. The molecule has 1 heterocycles. The lowest BCUT2D eigenvalue weighted by Gasteiger charge is -2.04. The molecule has 1 aromatic heterocycles. The third kappa shape index (κ3) is 1.26. The van der Waals surface area contributed by atoms with Gasteiger partial charge in [-0.2, -0.15) is 0 Å². The average molecular weight is 263 g/mol. The summed E-state index contributed by atoms with van der Waals surface area (Å²) in [6.07, 6.45) is 0. The summed E-state index contributed by atoms with van der Waals surface area (Å²) in [4.78, 5) is 2.73. The van der Waals surface area contributed by atoms with E-state index < -0.39 is 34.5 Å². The molecular formula is C12H9NO6. The number of hydrogen-bond acceptors (Lipinski definition) is 6. The maximum Gasteiger partial charge on any atom is 0.201 e. The van der Waals surface area contributed by atoms with Gasteiger partial charge in [-0.15, -0.1) is 0 Å². The first kappa shape index (κ1) is 11.1. The Bertz CT molecular complexity index is 767. The van der Waals surface area contributed by atoms with Gasteiger partial charge in [-0.1, -0.05) is 0 Å². The fourth-order valence-electron chi connectivity index (χ4n) is 2.14. The lowest BCUT2D eigenvalue weighted by atomic mass is 10.1. The van der Waals surface area contributed by atoms with E-state index in [1.165, 1.54) is 0 Å². The van der Waals surface area contributed by atoms with Crippen LogP contribution in [0.25, 0.3) is 21.8 Å². The SMILES string of the molecule is Oc1cc2[nH]c3cc(O)c(O)c(O)c3c2c(O)c1O. The molecular weight excluding hydrogens is 254 g/mol. The highest BCUT2D eigenvalue weighted by atomic mass is 16.3. The predicted molar refractivity (Wildman–Crippen MR) is 65.8 cm³/mol. The van der Waals surface area contributed by atoms with Crippen molar-refractivity contribution in [1.82, 2.24) is 4.98 Å². The maximum absolute atomic E-state index is 9.83. The van der Waals surface area contributed by atoms with Crippen LogP contribution in [-0.4, -0.2) is 35.6 Å². The topological polar surface area (TPSA) is 137 Å². The van der Waals surface area contributed by atoms with Gasteiger partial charge in [-0.05, 0) is 0 Å².